The summed E-state index contributed by atoms with van der Waals surface area (Å²) in [4.78, 5) is 17.1. The fourth-order valence-electron chi connectivity index (χ4n) is 2.57. The second-order valence-electron chi connectivity index (χ2n) is 6.00. The van der Waals surface area contributed by atoms with Gasteiger partial charge in [-0.3, -0.25) is 4.79 Å². The molecule has 0 bridgehead atoms. The van der Waals surface area contributed by atoms with Crippen molar-refractivity contribution in [2.24, 2.45) is 0 Å². The molecule has 0 spiro atoms. The smallest absolute Gasteiger partial charge is 0.251 e. The van der Waals surface area contributed by atoms with Crippen molar-refractivity contribution in [2.75, 3.05) is 19.1 Å². The molecule has 1 amide bonds. The first-order chi connectivity index (χ1) is 13.6. The van der Waals surface area contributed by atoms with Gasteiger partial charge in [0.1, 0.15) is 11.8 Å². The Hall–Kier alpha value is -2.51. The zero-order valence-corrected chi connectivity index (χ0v) is 17.1. The first kappa shape index (κ1) is 20.2. The Morgan fingerprint density at radius 3 is 2.57 bits per heavy atom. The molecule has 1 N–H and O–H groups in total. The lowest BCUT2D eigenvalue weighted by Gasteiger charge is -2.14. The molecular weight excluding hydrogens is 398 g/mol. The van der Waals surface area contributed by atoms with Gasteiger partial charge in [0.25, 0.3) is 5.91 Å². The number of hydrogen-bond acceptors (Lipinski definition) is 6. The highest BCUT2D eigenvalue weighted by Crippen LogP contribution is 2.23. The van der Waals surface area contributed by atoms with Crippen LogP contribution >= 0.6 is 23.4 Å². The lowest BCUT2D eigenvalue weighted by Crippen LogP contribution is -2.29. The molecule has 1 heterocycles. The van der Waals surface area contributed by atoms with E-state index in [0.717, 1.165) is 11.3 Å². The third-order valence-electron chi connectivity index (χ3n) is 4.11. The van der Waals surface area contributed by atoms with Crippen LogP contribution in [0.1, 0.15) is 28.7 Å². The largest absolute Gasteiger partial charge is 0.497 e. The van der Waals surface area contributed by atoms with E-state index in [0.29, 0.717) is 34.5 Å². The van der Waals surface area contributed by atoms with Crippen LogP contribution in [0.3, 0.4) is 0 Å². The number of halogens is 1. The molecular formula is C20H20ClN3O3S. The molecule has 0 aliphatic rings. The number of carbonyl (C=O) groups excluding carboxylic acids is 1. The number of nitrogens with one attached hydrogen (secondary N) is 1. The van der Waals surface area contributed by atoms with Gasteiger partial charge >= 0.3 is 0 Å². The third-order valence-corrected chi connectivity index (χ3v) is 5.01. The molecule has 0 unspecified atom stereocenters. The van der Waals surface area contributed by atoms with E-state index in [1.807, 2.05) is 18.4 Å². The number of nitrogens with zero attached hydrogens (tertiary/aromatic N) is 2. The van der Waals surface area contributed by atoms with Gasteiger partial charge in [-0.1, -0.05) is 16.8 Å². The fourth-order valence-corrected chi connectivity index (χ4v) is 3.17. The summed E-state index contributed by atoms with van der Waals surface area (Å²) in [6, 6.07) is 13.7. The third kappa shape index (κ3) is 5.05. The predicted octanol–water partition coefficient (Wildman–Crippen LogP) is 4.62. The van der Waals surface area contributed by atoms with Gasteiger partial charge in [-0.25, -0.2) is 0 Å². The van der Waals surface area contributed by atoms with Crippen molar-refractivity contribution in [3.8, 4) is 17.1 Å². The molecule has 1 atom stereocenters. The van der Waals surface area contributed by atoms with E-state index >= 15 is 0 Å². The second kappa shape index (κ2) is 9.61. The first-order valence-corrected chi connectivity index (χ1v) is 10.4. The van der Waals surface area contributed by atoms with Crippen molar-refractivity contribution >= 4 is 29.3 Å². The lowest BCUT2D eigenvalue weighted by atomic mass is 10.1. The van der Waals surface area contributed by atoms with Crippen LogP contribution in [0.5, 0.6) is 5.75 Å². The summed E-state index contributed by atoms with van der Waals surface area (Å²) in [5, 5.41) is 7.67. The SMILES string of the molecule is COc1ccc(C(=O)N[C@H](CCSC)c2nc(-c3ccc(Cl)cc3)no2)cc1. The molecule has 146 valence electrons. The Labute approximate surface area is 172 Å². The van der Waals surface area contributed by atoms with Gasteiger partial charge in [0.05, 0.1) is 7.11 Å². The Balaban J connectivity index is 1.77. The highest BCUT2D eigenvalue weighted by atomic mass is 35.5. The van der Waals surface area contributed by atoms with Gasteiger partial charge in [-0.05, 0) is 67.0 Å². The number of amides is 1. The number of carbonyl (C=O) groups is 1. The summed E-state index contributed by atoms with van der Waals surface area (Å²) >= 11 is 7.61. The van der Waals surface area contributed by atoms with Crippen LogP contribution in [0, 0.1) is 0 Å². The van der Waals surface area contributed by atoms with Crippen LogP contribution in [0.4, 0.5) is 0 Å². The monoisotopic (exact) mass is 417 g/mol. The molecule has 0 radical (unpaired) electrons. The number of thioether (sulfide) groups is 1. The molecule has 3 rings (SSSR count). The molecule has 6 nitrogen and oxygen atoms in total. The first-order valence-electron chi connectivity index (χ1n) is 8.64. The van der Waals surface area contributed by atoms with Crippen molar-refractivity contribution in [1.29, 1.82) is 0 Å². The summed E-state index contributed by atoms with van der Waals surface area (Å²) in [7, 11) is 1.58. The van der Waals surface area contributed by atoms with Crippen LogP contribution < -0.4 is 10.1 Å². The molecule has 0 saturated heterocycles. The van der Waals surface area contributed by atoms with Crippen LogP contribution in [-0.2, 0) is 0 Å². The summed E-state index contributed by atoms with van der Waals surface area (Å²) in [6.45, 7) is 0. The summed E-state index contributed by atoms with van der Waals surface area (Å²) < 4.78 is 10.6. The standard InChI is InChI=1S/C20H20ClN3O3S/c1-26-16-9-5-14(6-10-16)19(25)22-17(11-12-28-2)20-23-18(24-27-20)13-3-7-15(21)8-4-13/h3-10,17H,11-12H2,1-2H3,(H,22,25)/t17-/m1/s1. The highest BCUT2D eigenvalue weighted by molar-refractivity contribution is 7.98. The topological polar surface area (TPSA) is 77.2 Å². The molecule has 8 heteroatoms. The maximum Gasteiger partial charge on any atom is 0.251 e. The molecule has 3 aromatic rings. The van der Waals surface area contributed by atoms with E-state index in [4.69, 9.17) is 20.9 Å². The molecule has 2 aromatic carbocycles. The molecule has 1 aromatic heterocycles. The van der Waals surface area contributed by atoms with Crippen molar-refractivity contribution in [2.45, 2.75) is 12.5 Å². The lowest BCUT2D eigenvalue weighted by molar-refractivity contribution is 0.0927. The zero-order valence-electron chi connectivity index (χ0n) is 15.5. The van der Waals surface area contributed by atoms with Gasteiger partial charge in [0.15, 0.2) is 0 Å². The average molecular weight is 418 g/mol. The van der Waals surface area contributed by atoms with Crippen molar-refractivity contribution < 1.29 is 14.1 Å². The van der Waals surface area contributed by atoms with Crippen molar-refractivity contribution in [3.63, 3.8) is 0 Å². The van der Waals surface area contributed by atoms with E-state index in [1.54, 1.807) is 55.3 Å². The summed E-state index contributed by atoms with van der Waals surface area (Å²) in [5.41, 5.74) is 1.33. The molecule has 0 fully saturated rings. The van der Waals surface area contributed by atoms with Crippen LogP contribution in [0.2, 0.25) is 5.02 Å². The number of aromatic nitrogens is 2. The minimum atomic E-state index is -0.379. The Morgan fingerprint density at radius 1 is 1.21 bits per heavy atom. The van der Waals surface area contributed by atoms with E-state index in [-0.39, 0.29) is 11.9 Å². The molecule has 28 heavy (non-hydrogen) atoms. The van der Waals surface area contributed by atoms with Gasteiger partial charge in [0.2, 0.25) is 11.7 Å². The fraction of sp³-hybridized carbons (Fsp3) is 0.250. The van der Waals surface area contributed by atoms with Gasteiger partial charge in [-0.15, -0.1) is 0 Å². The van der Waals surface area contributed by atoms with E-state index in [2.05, 4.69) is 15.5 Å². The van der Waals surface area contributed by atoms with E-state index in [1.165, 1.54) is 0 Å². The quantitative estimate of drug-likeness (QED) is 0.576. The predicted molar refractivity (Wildman–Crippen MR) is 111 cm³/mol. The van der Waals surface area contributed by atoms with Crippen LogP contribution in [-0.4, -0.2) is 35.2 Å². The zero-order chi connectivity index (χ0) is 19.9. The maximum atomic E-state index is 12.6. The number of hydrogen-bond donors (Lipinski definition) is 1. The minimum Gasteiger partial charge on any atom is -0.497 e. The normalized spacial score (nSPS) is 11.8. The van der Waals surface area contributed by atoms with Gasteiger partial charge in [-0.2, -0.15) is 16.7 Å². The number of rotatable bonds is 8. The van der Waals surface area contributed by atoms with E-state index < -0.39 is 0 Å². The molecule has 0 aliphatic heterocycles. The summed E-state index contributed by atoms with van der Waals surface area (Å²) in [5.74, 6) is 2.16. The highest BCUT2D eigenvalue weighted by Gasteiger charge is 2.22. The van der Waals surface area contributed by atoms with Gasteiger partial charge in [0, 0.05) is 16.1 Å². The Bertz CT molecular complexity index is 913. The average Bonchev–Trinajstić information content (AvgIpc) is 3.21. The van der Waals surface area contributed by atoms with Crippen LogP contribution in [0.15, 0.2) is 53.1 Å². The molecule has 0 aliphatic carbocycles. The Kier molecular flexibility index (Phi) is 6.95. The number of benzene rings is 2. The maximum absolute atomic E-state index is 12.6. The van der Waals surface area contributed by atoms with E-state index in [9.17, 15) is 4.79 Å². The molecule has 0 saturated carbocycles. The summed E-state index contributed by atoms with van der Waals surface area (Å²) in [6.07, 6.45) is 2.68. The van der Waals surface area contributed by atoms with Crippen molar-refractivity contribution in [1.82, 2.24) is 15.5 Å². The number of ether oxygens (including phenoxy) is 1. The number of methoxy groups -OCH3 is 1. The minimum absolute atomic E-state index is 0.208. The second-order valence-corrected chi connectivity index (χ2v) is 7.42. The van der Waals surface area contributed by atoms with Crippen molar-refractivity contribution in [3.05, 3.63) is 65.0 Å². The Morgan fingerprint density at radius 2 is 1.93 bits per heavy atom. The van der Waals surface area contributed by atoms with Gasteiger partial charge < -0.3 is 14.6 Å². The van der Waals surface area contributed by atoms with Crippen LogP contribution in [0.25, 0.3) is 11.4 Å².